The molecule has 2 aromatic rings. The minimum atomic E-state index is -0.978. The zero-order valence-electron chi connectivity index (χ0n) is 11.1. The number of nitrogens with zero attached hydrogens (tertiary/aromatic N) is 4. The highest BCUT2D eigenvalue weighted by Crippen LogP contribution is 2.14. The summed E-state index contributed by atoms with van der Waals surface area (Å²) in [5.41, 5.74) is 0.926. The number of hydrogen-bond acceptors (Lipinski definition) is 6. The fraction of sp³-hybridized carbons (Fsp3) is 0.154. The highest BCUT2D eigenvalue weighted by atomic mass is 16.6. The summed E-state index contributed by atoms with van der Waals surface area (Å²) in [6, 6.07) is 6.43. The fourth-order valence-electron chi connectivity index (χ4n) is 1.70. The predicted molar refractivity (Wildman–Crippen MR) is 74.2 cm³/mol. The van der Waals surface area contributed by atoms with Gasteiger partial charge in [-0.1, -0.05) is 12.1 Å². The largest absolute Gasteiger partial charge is 0.478 e. The zero-order valence-corrected chi connectivity index (χ0v) is 11.1. The van der Waals surface area contributed by atoms with E-state index in [1.165, 1.54) is 12.1 Å². The quantitative estimate of drug-likeness (QED) is 0.658. The minimum absolute atomic E-state index is 0.169. The highest BCUT2D eigenvalue weighted by Gasteiger charge is 2.10. The molecular formula is C13H12N4O4. The Hall–Kier alpha value is -3.03. The molecule has 1 heterocycles. The third kappa shape index (κ3) is 3.50. The number of anilines is 1. The maximum absolute atomic E-state index is 10.8. The number of aromatic carboxylic acids is 1. The van der Waals surface area contributed by atoms with Crippen LogP contribution in [-0.4, -0.2) is 33.0 Å². The smallest absolute Gasteiger partial charge is 0.335 e. The third-order valence-corrected chi connectivity index (χ3v) is 2.80. The first kappa shape index (κ1) is 14.4. The molecule has 108 valence electrons. The first-order valence-corrected chi connectivity index (χ1v) is 5.97. The van der Waals surface area contributed by atoms with Crippen molar-refractivity contribution in [2.75, 3.05) is 11.9 Å². The standard InChI is InChI=1S/C13H12N4O4/c1-16(13-14-6-11(7-15-13)17(20)21)8-9-2-4-10(5-3-9)12(18)19/h2-7H,8H2,1H3,(H,18,19). The molecule has 8 nitrogen and oxygen atoms in total. The van der Waals surface area contributed by atoms with Crippen molar-refractivity contribution in [3.05, 3.63) is 57.9 Å². The molecule has 2 rings (SSSR count). The fourth-order valence-corrected chi connectivity index (χ4v) is 1.70. The van der Waals surface area contributed by atoms with Crippen LogP contribution >= 0.6 is 0 Å². The van der Waals surface area contributed by atoms with Gasteiger partial charge in [-0.05, 0) is 17.7 Å². The summed E-state index contributed by atoms with van der Waals surface area (Å²) < 4.78 is 0. The van der Waals surface area contributed by atoms with Gasteiger partial charge >= 0.3 is 11.7 Å². The van der Waals surface area contributed by atoms with Gasteiger partial charge in [-0.15, -0.1) is 0 Å². The van der Waals surface area contributed by atoms with Crippen LogP contribution in [0.3, 0.4) is 0 Å². The number of benzene rings is 1. The van der Waals surface area contributed by atoms with Crippen molar-refractivity contribution in [2.24, 2.45) is 0 Å². The number of carboxylic acids is 1. The van der Waals surface area contributed by atoms with E-state index in [9.17, 15) is 14.9 Å². The average molecular weight is 288 g/mol. The van der Waals surface area contributed by atoms with E-state index >= 15 is 0 Å². The lowest BCUT2D eigenvalue weighted by Gasteiger charge is -2.16. The highest BCUT2D eigenvalue weighted by molar-refractivity contribution is 5.87. The Morgan fingerprint density at radius 2 is 1.86 bits per heavy atom. The maximum Gasteiger partial charge on any atom is 0.335 e. The molecule has 0 aliphatic carbocycles. The van der Waals surface area contributed by atoms with Crippen molar-refractivity contribution < 1.29 is 14.8 Å². The lowest BCUT2D eigenvalue weighted by Crippen LogP contribution is -2.19. The predicted octanol–water partition coefficient (Wildman–Crippen LogP) is 1.72. The summed E-state index contributed by atoms with van der Waals surface area (Å²) in [5, 5.41) is 19.3. The monoisotopic (exact) mass is 288 g/mol. The summed E-state index contributed by atoms with van der Waals surface area (Å²) in [6.45, 7) is 0.456. The molecule has 0 saturated carbocycles. The lowest BCUT2D eigenvalue weighted by molar-refractivity contribution is -0.385. The van der Waals surface area contributed by atoms with E-state index in [0.717, 1.165) is 18.0 Å². The van der Waals surface area contributed by atoms with Crippen LogP contribution in [-0.2, 0) is 6.54 Å². The molecule has 1 N–H and O–H groups in total. The molecule has 0 spiro atoms. The molecule has 8 heteroatoms. The van der Waals surface area contributed by atoms with Gasteiger partial charge in [-0.3, -0.25) is 10.1 Å². The van der Waals surface area contributed by atoms with Crippen molar-refractivity contribution in [1.29, 1.82) is 0 Å². The van der Waals surface area contributed by atoms with Gasteiger partial charge < -0.3 is 10.0 Å². The van der Waals surface area contributed by atoms with Crippen LogP contribution in [0.5, 0.6) is 0 Å². The molecule has 21 heavy (non-hydrogen) atoms. The topological polar surface area (TPSA) is 109 Å². The number of hydrogen-bond donors (Lipinski definition) is 1. The van der Waals surface area contributed by atoms with Gasteiger partial charge in [0.15, 0.2) is 0 Å². The summed E-state index contributed by atoms with van der Waals surface area (Å²) >= 11 is 0. The lowest BCUT2D eigenvalue weighted by atomic mass is 10.1. The maximum atomic E-state index is 10.8. The van der Waals surface area contributed by atoms with Crippen molar-refractivity contribution in [1.82, 2.24) is 9.97 Å². The second-order valence-corrected chi connectivity index (χ2v) is 4.36. The molecule has 0 bridgehead atoms. The summed E-state index contributed by atoms with van der Waals surface area (Å²) in [4.78, 5) is 30.3. The normalized spacial score (nSPS) is 10.1. The molecule has 0 aliphatic rings. The van der Waals surface area contributed by atoms with Gasteiger partial charge in [0.25, 0.3) is 0 Å². The van der Waals surface area contributed by atoms with E-state index in [4.69, 9.17) is 5.11 Å². The zero-order chi connectivity index (χ0) is 15.4. The van der Waals surface area contributed by atoms with Crippen LogP contribution in [0, 0.1) is 10.1 Å². The van der Waals surface area contributed by atoms with Gasteiger partial charge in [0, 0.05) is 13.6 Å². The Kier molecular flexibility index (Phi) is 4.07. The summed E-state index contributed by atoms with van der Waals surface area (Å²) in [7, 11) is 1.74. The van der Waals surface area contributed by atoms with Gasteiger partial charge in [0.2, 0.25) is 5.95 Å². The molecule has 0 aliphatic heterocycles. The Balaban J connectivity index is 2.08. The molecule has 0 radical (unpaired) electrons. The van der Waals surface area contributed by atoms with E-state index in [0.29, 0.717) is 12.5 Å². The van der Waals surface area contributed by atoms with Crippen molar-refractivity contribution in [3.63, 3.8) is 0 Å². The van der Waals surface area contributed by atoms with Crippen molar-refractivity contribution in [2.45, 2.75) is 6.54 Å². The SMILES string of the molecule is CN(Cc1ccc(C(=O)O)cc1)c1ncc([N+](=O)[O-])cn1. The second kappa shape index (κ2) is 5.95. The second-order valence-electron chi connectivity index (χ2n) is 4.36. The van der Waals surface area contributed by atoms with E-state index in [2.05, 4.69) is 9.97 Å². The van der Waals surface area contributed by atoms with Crippen LogP contribution in [0.15, 0.2) is 36.7 Å². The first-order chi connectivity index (χ1) is 9.97. The number of nitro groups is 1. The molecular weight excluding hydrogens is 276 g/mol. The van der Waals surface area contributed by atoms with E-state index in [1.54, 1.807) is 24.1 Å². The molecule has 1 aromatic heterocycles. The molecule has 0 atom stereocenters. The van der Waals surface area contributed by atoms with E-state index < -0.39 is 10.9 Å². The van der Waals surface area contributed by atoms with Gasteiger partial charge in [0.05, 0.1) is 10.5 Å². The Morgan fingerprint density at radius 3 is 2.33 bits per heavy atom. The Morgan fingerprint density at radius 1 is 1.29 bits per heavy atom. The van der Waals surface area contributed by atoms with Crippen LogP contribution in [0.1, 0.15) is 15.9 Å². The van der Waals surface area contributed by atoms with Gasteiger partial charge in [-0.2, -0.15) is 0 Å². The Labute approximate surface area is 119 Å². The van der Waals surface area contributed by atoms with Gasteiger partial charge in [0.1, 0.15) is 12.4 Å². The number of aromatic nitrogens is 2. The van der Waals surface area contributed by atoms with Crippen LogP contribution in [0.2, 0.25) is 0 Å². The van der Waals surface area contributed by atoms with Gasteiger partial charge in [-0.25, -0.2) is 14.8 Å². The summed E-state index contributed by atoms with van der Waals surface area (Å²) in [6.07, 6.45) is 2.29. The third-order valence-electron chi connectivity index (χ3n) is 2.80. The molecule has 0 amide bonds. The number of carbonyl (C=O) groups is 1. The molecule has 0 saturated heterocycles. The van der Waals surface area contributed by atoms with E-state index in [1.807, 2.05) is 0 Å². The van der Waals surface area contributed by atoms with Crippen LogP contribution < -0.4 is 4.90 Å². The van der Waals surface area contributed by atoms with Crippen molar-refractivity contribution >= 4 is 17.6 Å². The first-order valence-electron chi connectivity index (χ1n) is 5.97. The van der Waals surface area contributed by atoms with Crippen molar-refractivity contribution in [3.8, 4) is 0 Å². The molecule has 0 fully saturated rings. The average Bonchev–Trinajstić information content (AvgIpc) is 2.47. The van der Waals surface area contributed by atoms with E-state index in [-0.39, 0.29) is 11.3 Å². The Bertz CT molecular complexity index is 655. The number of rotatable bonds is 5. The summed E-state index contributed by atoms with van der Waals surface area (Å²) in [5.74, 6) is -0.628. The minimum Gasteiger partial charge on any atom is -0.478 e. The molecule has 1 aromatic carbocycles. The number of carboxylic acid groups (broad SMARTS) is 1. The van der Waals surface area contributed by atoms with Crippen LogP contribution in [0.25, 0.3) is 0 Å². The molecule has 0 unspecified atom stereocenters. The van der Waals surface area contributed by atoms with Crippen LogP contribution in [0.4, 0.5) is 11.6 Å².